The van der Waals surface area contributed by atoms with Crippen molar-refractivity contribution in [3.8, 4) is 5.75 Å². The molecule has 0 atom stereocenters. The third-order valence-corrected chi connectivity index (χ3v) is 2.67. The number of aromatic amines is 1. The van der Waals surface area contributed by atoms with Crippen LogP contribution < -0.4 is 10.1 Å². The fourth-order valence-electron chi connectivity index (χ4n) is 1.77. The first-order chi connectivity index (χ1) is 9.22. The summed E-state index contributed by atoms with van der Waals surface area (Å²) in [6.45, 7) is 0.566. The predicted octanol–water partition coefficient (Wildman–Crippen LogP) is 1.98. The Morgan fingerprint density at radius 2 is 2.37 bits per heavy atom. The normalized spacial score (nSPS) is 10.2. The van der Waals surface area contributed by atoms with Crippen LogP contribution in [0, 0.1) is 10.1 Å². The number of hydrogen-bond acceptors (Lipinski definition) is 5. The summed E-state index contributed by atoms with van der Waals surface area (Å²) >= 11 is 0. The van der Waals surface area contributed by atoms with Gasteiger partial charge in [0.1, 0.15) is 5.69 Å². The number of rotatable bonds is 6. The lowest BCUT2D eigenvalue weighted by atomic mass is 10.2. The molecule has 2 aromatic rings. The standard InChI is InChI=1S/C12H14N4O3/c1-19-11-4-2-3-10(12(11)16(17)18)14-6-5-9-7-13-8-15-9/h2-4,7-8,14H,5-6H2,1H3,(H,13,15). The maximum Gasteiger partial charge on any atom is 0.333 e. The number of para-hydroxylation sites is 1. The number of H-pyrrole nitrogens is 1. The van der Waals surface area contributed by atoms with Crippen molar-refractivity contribution in [3.63, 3.8) is 0 Å². The molecule has 100 valence electrons. The van der Waals surface area contributed by atoms with Crippen LogP contribution in [0.25, 0.3) is 0 Å². The highest BCUT2D eigenvalue weighted by Gasteiger charge is 2.19. The van der Waals surface area contributed by atoms with Crippen LogP contribution in [0.15, 0.2) is 30.7 Å². The molecule has 0 spiro atoms. The fourth-order valence-corrected chi connectivity index (χ4v) is 1.77. The van der Waals surface area contributed by atoms with Crippen molar-refractivity contribution in [3.05, 3.63) is 46.5 Å². The van der Waals surface area contributed by atoms with E-state index in [0.29, 0.717) is 18.7 Å². The van der Waals surface area contributed by atoms with E-state index in [1.165, 1.54) is 7.11 Å². The Labute approximate surface area is 109 Å². The smallest absolute Gasteiger partial charge is 0.333 e. The zero-order valence-corrected chi connectivity index (χ0v) is 10.4. The van der Waals surface area contributed by atoms with Crippen LogP contribution in [0.1, 0.15) is 5.69 Å². The van der Waals surface area contributed by atoms with E-state index < -0.39 is 4.92 Å². The van der Waals surface area contributed by atoms with Crippen LogP contribution in [-0.4, -0.2) is 28.5 Å². The Kier molecular flexibility index (Phi) is 3.97. The molecule has 7 heteroatoms. The van der Waals surface area contributed by atoms with E-state index >= 15 is 0 Å². The fraction of sp³-hybridized carbons (Fsp3) is 0.250. The Morgan fingerprint density at radius 1 is 1.53 bits per heavy atom. The van der Waals surface area contributed by atoms with E-state index in [-0.39, 0.29) is 11.4 Å². The number of hydrogen-bond donors (Lipinski definition) is 2. The van der Waals surface area contributed by atoms with Crippen molar-refractivity contribution in [1.29, 1.82) is 0 Å². The summed E-state index contributed by atoms with van der Waals surface area (Å²) < 4.78 is 5.00. The molecule has 2 N–H and O–H groups in total. The summed E-state index contributed by atoms with van der Waals surface area (Å²) in [5, 5.41) is 14.1. The summed E-state index contributed by atoms with van der Waals surface area (Å²) in [7, 11) is 1.41. The summed E-state index contributed by atoms with van der Waals surface area (Å²) in [6.07, 6.45) is 4.03. The molecule has 0 radical (unpaired) electrons. The summed E-state index contributed by atoms with van der Waals surface area (Å²) in [4.78, 5) is 17.5. The monoisotopic (exact) mass is 262 g/mol. The highest BCUT2D eigenvalue weighted by atomic mass is 16.6. The van der Waals surface area contributed by atoms with Crippen molar-refractivity contribution in [2.75, 3.05) is 19.0 Å². The Morgan fingerprint density at radius 3 is 3.00 bits per heavy atom. The average Bonchev–Trinajstić information content (AvgIpc) is 2.91. The largest absolute Gasteiger partial charge is 0.490 e. The van der Waals surface area contributed by atoms with Gasteiger partial charge in [0.2, 0.25) is 0 Å². The minimum absolute atomic E-state index is 0.0467. The Bertz CT molecular complexity index is 554. The first kappa shape index (κ1) is 12.9. The van der Waals surface area contributed by atoms with E-state index in [9.17, 15) is 10.1 Å². The molecule has 0 bridgehead atoms. The topological polar surface area (TPSA) is 93.1 Å². The third kappa shape index (κ3) is 3.01. The summed E-state index contributed by atoms with van der Waals surface area (Å²) in [5.41, 5.74) is 1.37. The van der Waals surface area contributed by atoms with E-state index in [2.05, 4.69) is 15.3 Å². The molecule has 0 unspecified atom stereocenters. The zero-order chi connectivity index (χ0) is 13.7. The number of nitro benzene ring substituents is 1. The summed E-state index contributed by atoms with van der Waals surface area (Å²) in [5.74, 6) is 0.247. The minimum atomic E-state index is -0.447. The zero-order valence-electron chi connectivity index (χ0n) is 10.4. The first-order valence-corrected chi connectivity index (χ1v) is 5.75. The molecule has 0 saturated heterocycles. The second-order valence-electron chi connectivity index (χ2n) is 3.87. The molecule has 1 aromatic heterocycles. The molecule has 0 fully saturated rings. The van der Waals surface area contributed by atoms with E-state index in [1.807, 2.05) is 0 Å². The van der Waals surface area contributed by atoms with Crippen molar-refractivity contribution in [2.45, 2.75) is 6.42 Å². The lowest BCUT2D eigenvalue weighted by Gasteiger charge is -2.08. The lowest BCUT2D eigenvalue weighted by Crippen LogP contribution is -2.07. The van der Waals surface area contributed by atoms with Gasteiger partial charge in [-0.1, -0.05) is 6.07 Å². The van der Waals surface area contributed by atoms with Crippen LogP contribution >= 0.6 is 0 Å². The number of ether oxygens (including phenoxy) is 1. The summed E-state index contributed by atoms with van der Waals surface area (Å²) in [6, 6.07) is 4.94. The van der Waals surface area contributed by atoms with Crippen LogP contribution in [-0.2, 0) is 6.42 Å². The highest BCUT2D eigenvalue weighted by Crippen LogP contribution is 2.34. The van der Waals surface area contributed by atoms with Crippen molar-refractivity contribution < 1.29 is 9.66 Å². The van der Waals surface area contributed by atoms with Gasteiger partial charge in [0, 0.05) is 24.9 Å². The molecule has 0 aliphatic rings. The van der Waals surface area contributed by atoms with Gasteiger partial charge < -0.3 is 15.0 Å². The van der Waals surface area contributed by atoms with Gasteiger partial charge in [0.25, 0.3) is 0 Å². The number of aromatic nitrogens is 2. The molecule has 2 rings (SSSR count). The van der Waals surface area contributed by atoms with Crippen molar-refractivity contribution in [1.82, 2.24) is 9.97 Å². The molecule has 1 aromatic carbocycles. The quantitative estimate of drug-likeness (QED) is 0.613. The molecule has 0 saturated carbocycles. The van der Waals surface area contributed by atoms with Crippen LogP contribution in [0.2, 0.25) is 0 Å². The van der Waals surface area contributed by atoms with Gasteiger partial charge in [-0.15, -0.1) is 0 Å². The van der Waals surface area contributed by atoms with Gasteiger partial charge >= 0.3 is 5.69 Å². The maximum atomic E-state index is 11.1. The third-order valence-electron chi connectivity index (χ3n) is 2.67. The molecule has 0 aliphatic carbocycles. The molecule has 1 heterocycles. The first-order valence-electron chi connectivity index (χ1n) is 5.75. The van der Waals surface area contributed by atoms with Gasteiger partial charge in [-0.05, 0) is 12.1 Å². The van der Waals surface area contributed by atoms with E-state index in [4.69, 9.17) is 4.74 Å². The number of anilines is 1. The number of nitrogens with one attached hydrogen (secondary N) is 2. The van der Waals surface area contributed by atoms with E-state index in [0.717, 1.165) is 5.69 Å². The lowest BCUT2D eigenvalue weighted by molar-refractivity contribution is -0.384. The van der Waals surface area contributed by atoms with E-state index in [1.54, 1.807) is 30.7 Å². The Balaban J connectivity index is 2.09. The minimum Gasteiger partial charge on any atom is -0.490 e. The number of benzene rings is 1. The SMILES string of the molecule is COc1cccc(NCCc2cnc[nH]2)c1[N+](=O)[O-]. The maximum absolute atomic E-state index is 11.1. The number of methoxy groups -OCH3 is 1. The molecular formula is C12H14N4O3. The van der Waals surface area contributed by atoms with Crippen molar-refractivity contribution >= 4 is 11.4 Å². The molecule has 19 heavy (non-hydrogen) atoms. The molecular weight excluding hydrogens is 248 g/mol. The van der Waals surface area contributed by atoms with Gasteiger partial charge in [-0.2, -0.15) is 0 Å². The van der Waals surface area contributed by atoms with Crippen molar-refractivity contribution in [2.24, 2.45) is 0 Å². The second-order valence-corrected chi connectivity index (χ2v) is 3.87. The number of nitrogens with zero attached hydrogens (tertiary/aromatic N) is 2. The van der Waals surface area contributed by atoms with Gasteiger partial charge in [0.15, 0.2) is 5.75 Å². The predicted molar refractivity (Wildman–Crippen MR) is 70.4 cm³/mol. The highest BCUT2D eigenvalue weighted by molar-refractivity contribution is 5.68. The van der Waals surface area contributed by atoms with Crippen LogP contribution in [0.5, 0.6) is 5.75 Å². The number of imidazole rings is 1. The Hall–Kier alpha value is -2.57. The average molecular weight is 262 g/mol. The number of nitro groups is 1. The molecule has 0 aliphatic heterocycles. The second kappa shape index (κ2) is 5.85. The van der Waals surface area contributed by atoms with Gasteiger partial charge in [0.05, 0.1) is 18.4 Å². The molecule has 0 amide bonds. The van der Waals surface area contributed by atoms with Gasteiger partial charge in [-0.3, -0.25) is 10.1 Å². The van der Waals surface area contributed by atoms with Gasteiger partial charge in [-0.25, -0.2) is 4.98 Å². The van der Waals surface area contributed by atoms with Crippen LogP contribution in [0.4, 0.5) is 11.4 Å². The molecule has 7 nitrogen and oxygen atoms in total. The van der Waals surface area contributed by atoms with Crippen LogP contribution in [0.3, 0.4) is 0 Å².